The summed E-state index contributed by atoms with van der Waals surface area (Å²) in [6.07, 6.45) is 2.21. The Kier molecular flexibility index (Phi) is 6.45. The number of ether oxygens (including phenoxy) is 1. The minimum absolute atomic E-state index is 0.0253. The van der Waals surface area contributed by atoms with Gasteiger partial charge in [0.2, 0.25) is 0 Å². The van der Waals surface area contributed by atoms with Crippen LogP contribution in [-0.4, -0.2) is 30.5 Å². The van der Waals surface area contributed by atoms with Crippen molar-refractivity contribution in [1.82, 2.24) is 15.0 Å². The lowest BCUT2D eigenvalue weighted by Crippen LogP contribution is -2.14. The minimum atomic E-state index is -4.03. The van der Waals surface area contributed by atoms with E-state index in [1.165, 1.54) is 43.8 Å². The highest BCUT2D eigenvalue weighted by Crippen LogP contribution is 2.40. The van der Waals surface area contributed by atoms with Crippen LogP contribution in [0.4, 0.5) is 14.6 Å². The number of benzene rings is 3. The molecule has 0 saturated heterocycles. The Hall–Kier alpha value is -4.15. The number of sulfonamides is 1. The first-order chi connectivity index (χ1) is 17.7. The van der Waals surface area contributed by atoms with Crippen LogP contribution in [-0.2, 0) is 10.0 Å². The molecule has 0 saturated carbocycles. The molecule has 2 aromatic heterocycles. The fraction of sp³-hybridized carbons (Fsp3) is 0.0385. The monoisotopic (exact) mass is 538 g/mol. The van der Waals surface area contributed by atoms with E-state index in [9.17, 15) is 17.2 Å². The van der Waals surface area contributed by atoms with E-state index in [1.807, 2.05) is 0 Å². The van der Waals surface area contributed by atoms with Crippen molar-refractivity contribution in [3.05, 3.63) is 95.9 Å². The third-order valence-corrected chi connectivity index (χ3v) is 7.23. The summed E-state index contributed by atoms with van der Waals surface area (Å²) in [5.74, 6) is -0.571. The summed E-state index contributed by atoms with van der Waals surface area (Å²) in [4.78, 5) is 12.3. The minimum Gasteiger partial charge on any atom is -0.496 e. The van der Waals surface area contributed by atoms with Gasteiger partial charge in [-0.1, -0.05) is 23.7 Å². The number of rotatable bonds is 6. The zero-order chi connectivity index (χ0) is 26.2. The summed E-state index contributed by atoms with van der Waals surface area (Å²) in [7, 11) is -2.53. The van der Waals surface area contributed by atoms with Crippen LogP contribution >= 0.6 is 11.6 Å². The number of anilines is 1. The van der Waals surface area contributed by atoms with Crippen LogP contribution in [0.5, 0.6) is 5.75 Å². The standard InChI is InChI=1S/C26H17ClF2N4O3S/c1-36-24-12-20(15-3-2-4-16(28)9-15)22(27)11-21(24)26-19-7-6-18(10-23(19)31-14-32-26)37(34,35)33-25-8-5-17(29)13-30-25/h2-14H,1H3,(H,30,33). The summed E-state index contributed by atoms with van der Waals surface area (Å²) < 4.78 is 60.6. The van der Waals surface area contributed by atoms with Crippen LogP contribution < -0.4 is 9.46 Å². The van der Waals surface area contributed by atoms with Gasteiger partial charge in [0.05, 0.1) is 29.4 Å². The number of methoxy groups -OCH3 is 1. The summed E-state index contributed by atoms with van der Waals surface area (Å²) in [5, 5.41) is 0.901. The quantitative estimate of drug-likeness (QED) is 0.281. The number of pyridine rings is 1. The molecule has 37 heavy (non-hydrogen) atoms. The van der Waals surface area contributed by atoms with Gasteiger partial charge in [-0.2, -0.15) is 0 Å². The van der Waals surface area contributed by atoms with Gasteiger partial charge >= 0.3 is 0 Å². The molecule has 0 aliphatic heterocycles. The number of hydrogen-bond donors (Lipinski definition) is 1. The fourth-order valence-electron chi connectivity index (χ4n) is 3.84. The SMILES string of the molecule is COc1cc(-c2cccc(F)c2)c(Cl)cc1-c1ncnc2cc(S(=O)(=O)Nc3ccc(F)cn3)ccc12. The highest BCUT2D eigenvalue weighted by Gasteiger charge is 2.20. The molecular weight excluding hydrogens is 522 g/mol. The third kappa shape index (κ3) is 4.93. The molecule has 7 nitrogen and oxygen atoms in total. The molecule has 0 spiro atoms. The van der Waals surface area contributed by atoms with Crippen molar-refractivity contribution in [2.75, 3.05) is 11.8 Å². The highest BCUT2D eigenvalue weighted by atomic mass is 35.5. The number of nitrogens with zero attached hydrogens (tertiary/aromatic N) is 3. The number of halogens is 3. The lowest BCUT2D eigenvalue weighted by Gasteiger charge is -2.14. The first kappa shape index (κ1) is 24.5. The fourth-order valence-corrected chi connectivity index (χ4v) is 5.14. The maximum Gasteiger partial charge on any atom is 0.263 e. The molecular formula is C26H17ClF2N4O3S. The van der Waals surface area contributed by atoms with Gasteiger partial charge in [0.1, 0.15) is 29.5 Å². The van der Waals surface area contributed by atoms with E-state index in [1.54, 1.807) is 30.3 Å². The van der Waals surface area contributed by atoms with Crippen molar-refractivity contribution in [3.63, 3.8) is 0 Å². The molecule has 0 radical (unpaired) electrons. The predicted octanol–water partition coefficient (Wildman–Crippen LogP) is 6.10. The second-order valence-electron chi connectivity index (χ2n) is 7.91. The van der Waals surface area contributed by atoms with E-state index in [4.69, 9.17) is 16.3 Å². The Morgan fingerprint density at radius 2 is 1.73 bits per heavy atom. The Labute approximate surface area is 215 Å². The molecule has 0 unspecified atom stereocenters. The van der Waals surface area contributed by atoms with Gasteiger partial charge in [-0.15, -0.1) is 0 Å². The van der Waals surface area contributed by atoms with Crippen LogP contribution in [0, 0.1) is 11.6 Å². The van der Waals surface area contributed by atoms with Crippen molar-refractivity contribution in [3.8, 4) is 28.1 Å². The zero-order valence-electron chi connectivity index (χ0n) is 19.1. The summed E-state index contributed by atoms with van der Waals surface area (Å²) in [6, 6.07) is 16.1. The third-order valence-electron chi connectivity index (χ3n) is 5.56. The van der Waals surface area contributed by atoms with Crippen molar-refractivity contribution in [2.45, 2.75) is 4.90 Å². The highest BCUT2D eigenvalue weighted by molar-refractivity contribution is 7.92. The Morgan fingerprint density at radius 3 is 2.46 bits per heavy atom. The van der Waals surface area contributed by atoms with Gasteiger partial charge in [0.25, 0.3) is 10.0 Å². The number of fused-ring (bicyclic) bond motifs is 1. The Morgan fingerprint density at radius 1 is 0.892 bits per heavy atom. The van der Waals surface area contributed by atoms with Crippen LogP contribution in [0.1, 0.15) is 0 Å². The normalized spacial score (nSPS) is 11.5. The molecule has 3 aromatic carbocycles. The summed E-state index contributed by atoms with van der Waals surface area (Å²) in [5.41, 5.74) is 2.53. The largest absolute Gasteiger partial charge is 0.496 e. The van der Waals surface area contributed by atoms with Gasteiger partial charge in [-0.05, 0) is 60.2 Å². The van der Waals surface area contributed by atoms with Crippen molar-refractivity contribution >= 4 is 38.3 Å². The number of aromatic nitrogens is 3. The van der Waals surface area contributed by atoms with E-state index in [0.29, 0.717) is 44.1 Å². The van der Waals surface area contributed by atoms with Crippen molar-refractivity contribution < 1.29 is 21.9 Å². The van der Waals surface area contributed by atoms with E-state index in [2.05, 4.69) is 19.7 Å². The Balaban J connectivity index is 1.57. The molecule has 0 fully saturated rings. The lowest BCUT2D eigenvalue weighted by molar-refractivity contribution is 0.416. The number of nitrogens with one attached hydrogen (secondary N) is 1. The van der Waals surface area contributed by atoms with Gasteiger partial charge in [0, 0.05) is 21.5 Å². The summed E-state index contributed by atoms with van der Waals surface area (Å²) in [6.45, 7) is 0. The van der Waals surface area contributed by atoms with E-state index in [0.717, 1.165) is 12.3 Å². The molecule has 5 aromatic rings. The van der Waals surface area contributed by atoms with Crippen molar-refractivity contribution in [2.24, 2.45) is 0 Å². The Bertz CT molecular complexity index is 1750. The zero-order valence-corrected chi connectivity index (χ0v) is 20.7. The first-order valence-electron chi connectivity index (χ1n) is 10.8. The topological polar surface area (TPSA) is 94.1 Å². The smallest absolute Gasteiger partial charge is 0.263 e. The maximum absolute atomic E-state index is 13.8. The molecule has 5 rings (SSSR count). The second-order valence-corrected chi connectivity index (χ2v) is 10.0. The lowest BCUT2D eigenvalue weighted by atomic mass is 9.99. The van der Waals surface area contributed by atoms with Crippen LogP contribution in [0.2, 0.25) is 5.02 Å². The molecule has 1 N–H and O–H groups in total. The molecule has 2 heterocycles. The summed E-state index contributed by atoms with van der Waals surface area (Å²) >= 11 is 6.58. The molecule has 0 bridgehead atoms. The van der Waals surface area contributed by atoms with E-state index >= 15 is 0 Å². The van der Waals surface area contributed by atoms with E-state index < -0.39 is 21.7 Å². The predicted molar refractivity (Wildman–Crippen MR) is 137 cm³/mol. The molecule has 0 amide bonds. The van der Waals surface area contributed by atoms with E-state index in [-0.39, 0.29) is 10.7 Å². The maximum atomic E-state index is 13.8. The van der Waals surface area contributed by atoms with Crippen LogP contribution in [0.3, 0.4) is 0 Å². The average molecular weight is 539 g/mol. The molecule has 0 atom stereocenters. The van der Waals surface area contributed by atoms with Gasteiger partial charge in [-0.25, -0.2) is 32.2 Å². The molecule has 11 heteroatoms. The van der Waals surface area contributed by atoms with Gasteiger partial charge < -0.3 is 4.74 Å². The van der Waals surface area contributed by atoms with Crippen LogP contribution in [0.15, 0.2) is 84.1 Å². The second kappa shape index (κ2) is 9.72. The molecule has 0 aliphatic rings. The van der Waals surface area contributed by atoms with Crippen LogP contribution in [0.25, 0.3) is 33.3 Å². The van der Waals surface area contributed by atoms with Gasteiger partial charge in [-0.3, -0.25) is 4.72 Å². The van der Waals surface area contributed by atoms with Gasteiger partial charge in [0.15, 0.2) is 0 Å². The first-order valence-corrected chi connectivity index (χ1v) is 12.6. The van der Waals surface area contributed by atoms with Crippen molar-refractivity contribution in [1.29, 1.82) is 0 Å². The number of hydrogen-bond acceptors (Lipinski definition) is 6. The average Bonchev–Trinajstić information content (AvgIpc) is 2.89. The molecule has 0 aliphatic carbocycles. The molecule has 186 valence electrons.